The quantitative estimate of drug-likeness (QED) is 0.0640. The number of hydrogen-bond acceptors (Lipinski definition) is 12. The highest BCUT2D eigenvalue weighted by atomic mass is 19.4. The molecule has 0 radical (unpaired) electrons. The molecule has 1 saturated carbocycles. The summed E-state index contributed by atoms with van der Waals surface area (Å²) in [4.78, 5) is 61.3. The lowest BCUT2D eigenvalue weighted by atomic mass is 9.57. The summed E-state index contributed by atoms with van der Waals surface area (Å²) in [6.07, 6.45) is -1.60. The van der Waals surface area contributed by atoms with Crippen LogP contribution in [-0.2, 0) is 29.2 Å². The SMILES string of the molecule is C=CCN(CC=C)[C@@H]1c2onc(OCc3ccccc3)c2C(=O)[C@@]2(O)C(=O)C3=C(O)c4c(c(OC(F)(F)F)cc(N5C(=O)CN(CCCC)C5=O)c4OCc4ccccc4)C[C@H]3C[C@@H]12. The number of aliphatic hydroxyl groups excluding tert-OH is 1. The van der Waals surface area contributed by atoms with Gasteiger partial charge < -0.3 is 33.8 Å². The molecule has 2 N–H and O–H groups in total. The van der Waals surface area contributed by atoms with Gasteiger partial charge >= 0.3 is 12.4 Å². The number of carbonyl (C=O) groups excluding carboxylic acids is 4. The summed E-state index contributed by atoms with van der Waals surface area (Å²) in [5.41, 5.74) is -3.57. The summed E-state index contributed by atoms with van der Waals surface area (Å²) in [6.45, 7) is 9.35. The first kappa shape index (κ1) is 43.9. The first-order chi connectivity index (χ1) is 30.7. The van der Waals surface area contributed by atoms with Crippen LogP contribution in [0.4, 0.5) is 23.7 Å². The van der Waals surface area contributed by atoms with Gasteiger partial charge in [-0.05, 0) is 41.5 Å². The van der Waals surface area contributed by atoms with Gasteiger partial charge in [0, 0.05) is 42.8 Å². The molecule has 3 aliphatic carbocycles. The number of benzene rings is 3. The van der Waals surface area contributed by atoms with Crippen molar-refractivity contribution in [2.24, 2.45) is 11.8 Å². The van der Waals surface area contributed by atoms with Gasteiger partial charge in [-0.2, -0.15) is 0 Å². The van der Waals surface area contributed by atoms with E-state index in [0.717, 1.165) is 6.07 Å². The van der Waals surface area contributed by atoms with E-state index >= 15 is 4.79 Å². The molecule has 1 saturated heterocycles. The van der Waals surface area contributed by atoms with Crippen molar-refractivity contribution in [3.8, 4) is 17.4 Å². The lowest BCUT2D eigenvalue weighted by Crippen LogP contribution is -2.63. The van der Waals surface area contributed by atoms with E-state index in [-0.39, 0.29) is 68.6 Å². The number of imide groups is 1. The summed E-state index contributed by atoms with van der Waals surface area (Å²) >= 11 is 0. The number of ketones is 2. The van der Waals surface area contributed by atoms with E-state index in [1.54, 1.807) is 71.6 Å². The number of amides is 3. The first-order valence-corrected chi connectivity index (χ1v) is 20.8. The fourth-order valence-electron chi connectivity index (χ4n) is 9.29. The van der Waals surface area contributed by atoms with E-state index in [2.05, 4.69) is 23.1 Å². The van der Waals surface area contributed by atoms with Crippen LogP contribution in [0, 0.1) is 11.8 Å². The van der Waals surface area contributed by atoms with Crippen molar-refractivity contribution in [2.75, 3.05) is 31.1 Å². The Morgan fingerprint density at radius 2 is 1.59 bits per heavy atom. The number of halogens is 3. The van der Waals surface area contributed by atoms with Crippen LogP contribution in [0.15, 0.2) is 102 Å². The Bertz CT molecular complexity index is 2530. The minimum absolute atomic E-state index is 0.0117. The number of anilines is 1. The van der Waals surface area contributed by atoms with Crippen molar-refractivity contribution in [3.05, 3.63) is 131 Å². The molecule has 0 spiro atoms. The summed E-state index contributed by atoms with van der Waals surface area (Å²) in [5, 5.41) is 29.4. The fraction of sp³-hybridized carbons (Fsp3) is 0.340. The van der Waals surface area contributed by atoms with Crippen LogP contribution in [0.5, 0.6) is 17.4 Å². The second-order valence-electron chi connectivity index (χ2n) is 16.1. The number of aliphatic hydroxyl groups is 2. The molecule has 17 heteroatoms. The van der Waals surface area contributed by atoms with Gasteiger partial charge in [-0.25, -0.2) is 9.69 Å². The van der Waals surface area contributed by atoms with Crippen molar-refractivity contribution >= 4 is 35.0 Å². The van der Waals surface area contributed by atoms with Crippen LogP contribution in [0.3, 0.4) is 0 Å². The molecule has 1 aromatic heterocycles. The van der Waals surface area contributed by atoms with Crippen LogP contribution in [-0.4, -0.2) is 86.8 Å². The molecule has 3 aromatic carbocycles. The van der Waals surface area contributed by atoms with Crippen LogP contribution in [0.1, 0.15) is 70.6 Å². The molecule has 3 amide bonds. The second kappa shape index (κ2) is 17.4. The normalized spacial score (nSPS) is 21.7. The van der Waals surface area contributed by atoms with Gasteiger partial charge in [-0.3, -0.25) is 19.3 Å². The minimum Gasteiger partial charge on any atom is -0.507 e. The number of ether oxygens (including phenoxy) is 3. The summed E-state index contributed by atoms with van der Waals surface area (Å²) < 4.78 is 65.8. The molecule has 2 fully saturated rings. The van der Waals surface area contributed by atoms with Crippen molar-refractivity contribution in [2.45, 2.75) is 63.8 Å². The standard InChI is InChI=1S/C47H45F3N4O10/c1-4-7-20-53-24-34(55)54(45(53)59)32-23-33(63-47(48,49)50)30-21-29-22-31-38(52(18-5-2)19-6-3)41-37(44(51-64-41)62-26-28-16-12-9-13-17-28)43(58)46(31,60)42(57)35(29)39(56)36(30)40(32)61-25-27-14-10-8-11-15-27/h5-6,8-17,23,29,31,38,56,60H,2-4,7,18-22,24-26H2,1H3/t29-,31-,38-,46-/m0/s1. The molecule has 2 heterocycles. The molecule has 1 aliphatic heterocycles. The van der Waals surface area contributed by atoms with Crippen molar-refractivity contribution in [1.82, 2.24) is 15.0 Å². The summed E-state index contributed by atoms with van der Waals surface area (Å²) in [6, 6.07) is 16.5. The van der Waals surface area contributed by atoms with Crippen molar-refractivity contribution in [3.63, 3.8) is 0 Å². The van der Waals surface area contributed by atoms with Gasteiger partial charge in [-0.15, -0.1) is 26.3 Å². The Balaban J connectivity index is 1.31. The second-order valence-corrected chi connectivity index (χ2v) is 16.1. The van der Waals surface area contributed by atoms with Crippen LogP contribution >= 0.6 is 0 Å². The predicted octanol–water partition coefficient (Wildman–Crippen LogP) is 7.67. The van der Waals surface area contributed by atoms with E-state index in [4.69, 9.17) is 14.0 Å². The summed E-state index contributed by atoms with van der Waals surface area (Å²) in [5.74, 6) is -8.02. The smallest absolute Gasteiger partial charge is 0.507 e. The zero-order valence-corrected chi connectivity index (χ0v) is 34.8. The van der Waals surface area contributed by atoms with Crippen LogP contribution in [0.2, 0.25) is 0 Å². The van der Waals surface area contributed by atoms with E-state index in [1.165, 1.54) is 4.90 Å². The third-order valence-electron chi connectivity index (χ3n) is 12.1. The highest BCUT2D eigenvalue weighted by molar-refractivity contribution is 6.27. The third kappa shape index (κ3) is 7.72. The van der Waals surface area contributed by atoms with Gasteiger partial charge in [0.25, 0.3) is 11.8 Å². The Morgan fingerprint density at radius 1 is 0.953 bits per heavy atom. The third-order valence-corrected chi connectivity index (χ3v) is 12.1. The number of hydrogen-bond donors (Lipinski definition) is 2. The number of carbonyl (C=O) groups is 4. The molecular weight excluding hydrogens is 838 g/mol. The first-order valence-electron chi connectivity index (χ1n) is 20.8. The maximum Gasteiger partial charge on any atom is 0.573 e. The molecule has 8 rings (SSSR count). The van der Waals surface area contributed by atoms with Crippen molar-refractivity contribution < 1.29 is 61.3 Å². The number of fused-ring (bicyclic) bond motifs is 4. The van der Waals surface area contributed by atoms with Gasteiger partial charge in [-0.1, -0.05) is 86.2 Å². The Hall–Kier alpha value is -6.72. The monoisotopic (exact) mass is 882 g/mol. The number of aromatic nitrogens is 1. The molecule has 4 atom stereocenters. The highest BCUT2D eigenvalue weighted by Crippen LogP contribution is 2.58. The van der Waals surface area contributed by atoms with E-state index < -0.39 is 93.8 Å². The molecule has 0 unspecified atom stereocenters. The molecular formula is C47H45F3N4O10. The van der Waals surface area contributed by atoms with Crippen molar-refractivity contribution in [1.29, 1.82) is 0 Å². The number of urea groups is 1. The van der Waals surface area contributed by atoms with E-state index in [9.17, 15) is 37.8 Å². The molecule has 14 nitrogen and oxygen atoms in total. The number of unbranched alkanes of at least 4 members (excludes halogenated alkanes) is 1. The Kier molecular flexibility index (Phi) is 12.0. The zero-order valence-electron chi connectivity index (χ0n) is 34.8. The maximum absolute atomic E-state index is 15.2. The Morgan fingerprint density at radius 3 is 2.20 bits per heavy atom. The van der Waals surface area contributed by atoms with Gasteiger partial charge in [0.1, 0.15) is 42.5 Å². The Labute approximate surface area is 365 Å². The van der Waals surface area contributed by atoms with E-state index in [0.29, 0.717) is 28.9 Å². The molecule has 4 aromatic rings. The zero-order chi connectivity index (χ0) is 45.5. The molecule has 4 aliphatic rings. The average molecular weight is 883 g/mol. The predicted molar refractivity (Wildman–Crippen MR) is 224 cm³/mol. The summed E-state index contributed by atoms with van der Waals surface area (Å²) in [7, 11) is 0. The number of rotatable bonds is 16. The fourth-order valence-corrected chi connectivity index (χ4v) is 9.29. The number of Topliss-reactive ketones (excluding diaryl/α,β-unsaturated/α-hetero) is 2. The molecule has 64 heavy (non-hydrogen) atoms. The van der Waals surface area contributed by atoms with E-state index in [1.807, 2.05) is 13.0 Å². The minimum atomic E-state index is -5.30. The average Bonchev–Trinajstić information content (AvgIpc) is 3.82. The number of nitrogens with zero attached hydrogens (tertiary/aromatic N) is 4. The van der Waals surface area contributed by atoms with Crippen LogP contribution in [0.25, 0.3) is 5.76 Å². The topological polar surface area (TPSA) is 172 Å². The van der Waals surface area contributed by atoms with Crippen LogP contribution < -0.4 is 19.1 Å². The molecule has 0 bridgehead atoms. The van der Waals surface area contributed by atoms with Gasteiger partial charge in [0.15, 0.2) is 17.1 Å². The molecule has 334 valence electrons. The largest absolute Gasteiger partial charge is 0.573 e. The lowest BCUT2D eigenvalue weighted by Gasteiger charge is -2.50. The number of alkyl halides is 3. The van der Waals surface area contributed by atoms with Gasteiger partial charge in [0.2, 0.25) is 11.6 Å². The van der Waals surface area contributed by atoms with Gasteiger partial charge in [0.05, 0.1) is 11.6 Å². The highest BCUT2D eigenvalue weighted by Gasteiger charge is 2.66. The maximum atomic E-state index is 15.2. The lowest BCUT2D eigenvalue weighted by molar-refractivity contribution is -0.275.